The van der Waals surface area contributed by atoms with Crippen molar-refractivity contribution in [1.29, 1.82) is 0 Å². The average molecular weight is 233 g/mol. The number of hydrogen-bond donors (Lipinski definition) is 1. The van der Waals surface area contributed by atoms with Crippen LogP contribution in [0.2, 0.25) is 0 Å². The Kier molecular flexibility index (Phi) is 12.8. The summed E-state index contributed by atoms with van der Waals surface area (Å²) >= 11 is 0. The second-order valence-electron chi connectivity index (χ2n) is 3.69. The lowest BCUT2D eigenvalue weighted by Crippen LogP contribution is -2.29. The standard InChI is InChI=1S/C12H27NO3/c1-4-12(3)13-6-7-15-10-11-16-9-8-14-5-2/h12-13H,4-11H2,1-3H3. The van der Waals surface area contributed by atoms with Gasteiger partial charge in [0.1, 0.15) is 0 Å². The van der Waals surface area contributed by atoms with E-state index >= 15 is 0 Å². The summed E-state index contributed by atoms with van der Waals surface area (Å²) in [5.74, 6) is 0. The Morgan fingerprint density at radius 1 is 0.875 bits per heavy atom. The maximum absolute atomic E-state index is 5.41. The lowest BCUT2D eigenvalue weighted by atomic mass is 10.3. The number of nitrogens with one attached hydrogen (secondary N) is 1. The van der Waals surface area contributed by atoms with E-state index in [1.807, 2.05) is 6.92 Å². The first-order valence-electron chi connectivity index (χ1n) is 6.27. The Morgan fingerprint density at radius 3 is 2.00 bits per heavy atom. The van der Waals surface area contributed by atoms with Gasteiger partial charge in [-0.05, 0) is 20.3 Å². The molecule has 0 aliphatic rings. The predicted octanol–water partition coefficient (Wildman–Crippen LogP) is 1.44. The van der Waals surface area contributed by atoms with Crippen molar-refractivity contribution in [2.24, 2.45) is 0 Å². The first-order valence-corrected chi connectivity index (χ1v) is 6.27. The van der Waals surface area contributed by atoms with E-state index < -0.39 is 0 Å². The zero-order chi connectivity index (χ0) is 12.1. The lowest BCUT2D eigenvalue weighted by Gasteiger charge is -2.11. The van der Waals surface area contributed by atoms with Gasteiger partial charge in [-0.1, -0.05) is 6.92 Å². The molecule has 4 nitrogen and oxygen atoms in total. The molecule has 0 rings (SSSR count). The van der Waals surface area contributed by atoms with Crippen LogP contribution in [-0.2, 0) is 14.2 Å². The zero-order valence-electron chi connectivity index (χ0n) is 11.0. The first kappa shape index (κ1) is 15.8. The highest BCUT2D eigenvalue weighted by Crippen LogP contribution is 1.86. The quantitative estimate of drug-likeness (QED) is 0.518. The summed E-state index contributed by atoms with van der Waals surface area (Å²) in [5, 5.41) is 3.37. The molecule has 0 saturated heterocycles. The van der Waals surface area contributed by atoms with E-state index in [0.29, 0.717) is 32.5 Å². The fourth-order valence-corrected chi connectivity index (χ4v) is 1.11. The minimum absolute atomic E-state index is 0.575. The van der Waals surface area contributed by atoms with Crippen molar-refractivity contribution in [3.8, 4) is 0 Å². The van der Waals surface area contributed by atoms with Crippen molar-refractivity contribution in [3.63, 3.8) is 0 Å². The van der Waals surface area contributed by atoms with E-state index in [1.54, 1.807) is 0 Å². The summed E-state index contributed by atoms with van der Waals surface area (Å²) in [4.78, 5) is 0. The normalized spacial score (nSPS) is 12.9. The van der Waals surface area contributed by atoms with E-state index in [-0.39, 0.29) is 0 Å². The third-order valence-corrected chi connectivity index (χ3v) is 2.30. The second-order valence-corrected chi connectivity index (χ2v) is 3.69. The molecule has 0 saturated carbocycles. The summed E-state index contributed by atoms with van der Waals surface area (Å²) < 4.78 is 15.9. The van der Waals surface area contributed by atoms with Crippen LogP contribution < -0.4 is 5.32 Å². The van der Waals surface area contributed by atoms with Gasteiger partial charge in [-0.25, -0.2) is 0 Å². The first-order chi connectivity index (χ1) is 7.81. The highest BCUT2D eigenvalue weighted by Gasteiger charge is 1.95. The number of ether oxygens (including phenoxy) is 3. The highest BCUT2D eigenvalue weighted by molar-refractivity contribution is 4.55. The maximum atomic E-state index is 5.41. The van der Waals surface area contributed by atoms with Gasteiger partial charge in [0.25, 0.3) is 0 Å². The van der Waals surface area contributed by atoms with E-state index in [1.165, 1.54) is 0 Å². The molecule has 1 N–H and O–H groups in total. The summed E-state index contributed by atoms with van der Waals surface area (Å²) in [5.41, 5.74) is 0. The summed E-state index contributed by atoms with van der Waals surface area (Å²) in [6.45, 7) is 11.4. The summed E-state index contributed by atoms with van der Waals surface area (Å²) in [7, 11) is 0. The third kappa shape index (κ3) is 11.9. The van der Waals surface area contributed by atoms with Crippen LogP contribution in [0.15, 0.2) is 0 Å². The van der Waals surface area contributed by atoms with Crippen molar-refractivity contribution in [1.82, 2.24) is 5.32 Å². The minimum Gasteiger partial charge on any atom is -0.379 e. The highest BCUT2D eigenvalue weighted by atomic mass is 16.5. The van der Waals surface area contributed by atoms with E-state index in [0.717, 1.165) is 26.2 Å². The molecule has 0 aromatic carbocycles. The van der Waals surface area contributed by atoms with Crippen LogP contribution in [-0.4, -0.2) is 52.2 Å². The van der Waals surface area contributed by atoms with Crippen LogP contribution in [0.4, 0.5) is 0 Å². The molecule has 0 aromatic rings. The molecule has 0 fully saturated rings. The molecule has 0 aliphatic carbocycles. The van der Waals surface area contributed by atoms with Gasteiger partial charge in [-0.15, -0.1) is 0 Å². The topological polar surface area (TPSA) is 39.7 Å². The molecular formula is C12H27NO3. The molecule has 16 heavy (non-hydrogen) atoms. The molecule has 98 valence electrons. The van der Waals surface area contributed by atoms with Crippen LogP contribution in [0, 0.1) is 0 Å². The van der Waals surface area contributed by atoms with Crippen molar-refractivity contribution >= 4 is 0 Å². The fraction of sp³-hybridized carbons (Fsp3) is 1.00. The smallest absolute Gasteiger partial charge is 0.0701 e. The molecule has 0 heterocycles. The Balaban J connectivity index is 2.93. The monoisotopic (exact) mass is 233 g/mol. The molecular weight excluding hydrogens is 206 g/mol. The van der Waals surface area contributed by atoms with E-state index in [2.05, 4.69) is 19.2 Å². The molecule has 1 unspecified atom stereocenters. The summed E-state index contributed by atoms with van der Waals surface area (Å²) in [6, 6.07) is 0.575. The van der Waals surface area contributed by atoms with Crippen LogP contribution in [0.3, 0.4) is 0 Å². The molecule has 0 spiro atoms. The van der Waals surface area contributed by atoms with Gasteiger partial charge in [-0.3, -0.25) is 0 Å². The van der Waals surface area contributed by atoms with Gasteiger partial charge >= 0.3 is 0 Å². The molecule has 1 atom stereocenters. The molecule has 4 heteroatoms. The summed E-state index contributed by atoms with van der Waals surface area (Å²) in [6.07, 6.45) is 1.15. The Labute approximate surface area is 99.6 Å². The SMILES string of the molecule is CCOCCOCCOCCNC(C)CC. The largest absolute Gasteiger partial charge is 0.379 e. The van der Waals surface area contributed by atoms with Gasteiger partial charge in [0.15, 0.2) is 0 Å². The van der Waals surface area contributed by atoms with Gasteiger partial charge in [-0.2, -0.15) is 0 Å². The van der Waals surface area contributed by atoms with Gasteiger partial charge in [0, 0.05) is 19.2 Å². The van der Waals surface area contributed by atoms with Crippen molar-refractivity contribution in [3.05, 3.63) is 0 Å². The molecule has 0 amide bonds. The van der Waals surface area contributed by atoms with Crippen molar-refractivity contribution in [2.45, 2.75) is 33.2 Å². The second kappa shape index (κ2) is 12.9. The van der Waals surface area contributed by atoms with Gasteiger partial charge in [0.2, 0.25) is 0 Å². The Hall–Kier alpha value is -0.160. The fourth-order valence-electron chi connectivity index (χ4n) is 1.11. The van der Waals surface area contributed by atoms with Crippen molar-refractivity contribution < 1.29 is 14.2 Å². The van der Waals surface area contributed by atoms with Gasteiger partial charge in [0.05, 0.1) is 33.0 Å². The van der Waals surface area contributed by atoms with Crippen LogP contribution in [0.5, 0.6) is 0 Å². The lowest BCUT2D eigenvalue weighted by molar-refractivity contribution is 0.0173. The van der Waals surface area contributed by atoms with Crippen LogP contribution in [0.25, 0.3) is 0 Å². The van der Waals surface area contributed by atoms with Crippen molar-refractivity contribution in [2.75, 3.05) is 46.2 Å². The third-order valence-electron chi connectivity index (χ3n) is 2.30. The van der Waals surface area contributed by atoms with Crippen LogP contribution in [0.1, 0.15) is 27.2 Å². The Bertz CT molecular complexity index is 133. The molecule has 0 aromatic heterocycles. The Morgan fingerprint density at radius 2 is 1.44 bits per heavy atom. The average Bonchev–Trinajstić information content (AvgIpc) is 2.31. The van der Waals surface area contributed by atoms with E-state index in [9.17, 15) is 0 Å². The zero-order valence-corrected chi connectivity index (χ0v) is 11.0. The minimum atomic E-state index is 0.575. The van der Waals surface area contributed by atoms with Gasteiger partial charge < -0.3 is 19.5 Å². The predicted molar refractivity (Wildman–Crippen MR) is 65.9 cm³/mol. The molecule has 0 bridgehead atoms. The number of rotatable bonds is 12. The maximum Gasteiger partial charge on any atom is 0.0701 e. The van der Waals surface area contributed by atoms with E-state index in [4.69, 9.17) is 14.2 Å². The molecule has 0 radical (unpaired) electrons. The molecule has 0 aliphatic heterocycles. The van der Waals surface area contributed by atoms with Crippen LogP contribution >= 0.6 is 0 Å². The number of hydrogen-bond acceptors (Lipinski definition) is 4.